The van der Waals surface area contributed by atoms with Crippen molar-refractivity contribution in [3.8, 4) is 0 Å². The standard InChI is InChI=1S/C20H28FN3O2/c1-20(22)11-5-4-7-16(20)18(25)23-14-9-12-24(13-10-14)19(26)15-6-2-3-8-17(15)21/h2-3,6,8,14,16H,4-5,7,9-13,22H2,1H3,(H,23,25). The third kappa shape index (κ3) is 4.06. The Hall–Kier alpha value is -1.95. The van der Waals surface area contributed by atoms with Crippen molar-refractivity contribution in [3.05, 3.63) is 35.6 Å². The second-order valence-corrected chi connectivity index (χ2v) is 7.86. The second-order valence-electron chi connectivity index (χ2n) is 7.86. The normalized spacial score (nSPS) is 27.2. The van der Waals surface area contributed by atoms with Gasteiger partial charge in [-0.3, -0.25) is 9.59 Å². The van der Waals surface area contributed by atoms with E-state index in [0.29, 0.717) is 25.9 Å². The fraction of sp³-hybridized carbons (Fsp3) is 0.600. The van der Waals surface area contributed by atoms with E-state index in [-0.39, 0.29) is 29.3 Å². The van der Waals surface area contributed by atoms with E-state index < -0.39 is 11.4 Å². The maximum absolute atomic E-state index is 13.8. The number of benzene rings is 1. The molecule has 1 heterocycles. The summed E-state index contributed by atoms with van der Waals surface area (Å²) in [5.41, 5.74) is 5.99. The van der Waals surface area contributed by atoms with Crippen molar-refractivity contribution in [1.29, 1.82) is 0 Å². The van der Waals surface area contributed by atoms with Crippen LogP contribution in [0.25, 0.3) is 0 Å². The zero-order valence-electron chi connectivity index (χ0n) is 15.3. The molecule has 1 aliphatic heterocycles. The lowest BCUT2D eigenvalue weighted by molar-refractivity contribution is -0.129. The molecule has 0 spiro atoms. The smallest absolute Gasteiger partial charge is 0.256 e. The summed E-state index contributed by atoms with van der Waals surface area (Å²) in [6.07, 6.45) is 5.19. The summed E-state index contributed by atoms with van der Waals surface area (Å²) in [5.74, 6) is -0.884. The first-order valence-electron chi connectivity index (χ1n) is 9.51. The molecule has 2 unspecified atom stereocenters. The number of halogens is 1. The lowest BCUT2D eigenvalue weighted by Gasteiger charge is -2.39. The van der Waals surface area contributed by atoms with Gasteiger partial charge < -0.3 is 16.0 Å². The molecule has 26 heavy (non-hydrogen) atoms. The van der Waals surface area contributed by atoms with Crippen molar-refractivity contribution >= 4 is 11.8 Å². The molecular weight excluding hydrogens is 333 g/mol. The van der Waals surface area contributed by atoms with Gasteiger partial charge in [0.05, 0.1) is 11.5 Å². The van der Waals surface area contributed by atoms with Gasteiger partial charge in [0.25, 0.3) is 5.91 Å². The minimum absolute atomic E-state index is 0.0357. The van der Waals surface area contributed by atoms with Crippen LogP contribution >= 0.6 is 0 Å². The number of amides is 2. The predicted octanol–water partition coefficient (Wildman–Crippen LogP) is 2.45. The van der Waals surface area contributed by atoms with Crippen LogP contribution in [0.15, 0.2) is 24.3 Å². The van der Waals surface area contributed by atoms with E-state index in [1.54, 1.807) is 17.0 Å². The summed E-state index contributed by atoms with van der Waals surface area (Å²) in [4.78, 5) is 26.8. The Morgan fingerprint density at radius 2 is 1.88 bits per heavy atom. The predicted molar refractivity (Wildman–Crippen MR) is 98.0 cm³/mol. The molecule has 3 rings (SSSR count). The van der Waals surface area contributed by atoms with Gasteiger partial charge in [0.15, 0.2) is 0 Å². The first-order chi connectivity index (χ1) is 12.4. The second kappa shape index (κ2) is 7.74. The highest BCUT2D eigenvalue weighted by atomic mass is 19.1. The van der Waals surface area contributed by atoms with Crippen LogP contribution in [-0.4, -0.2) is 41.4 Å². The van der Waals surface area contributed by atoms with Crippen molar-refractivity contribution in [2.75, 3.05) is 13.1 Å². The van der Waals surface area contributed by atoms with E-state index in [4.69, 9.17) is 5.73 Å². The van der Waals surface area contributed by atoms with Gasteiger partial charge in [-0.2, -0.15) is 0 Å². The Bertz CT molecular complexity index is 669. The van der Waals surface area contributed by atoms with Gasteiger partial charge in [-0.15, -0.1) is 0 Å². The zero-order chi connectivity index (χ0) is 18.7. The van der Waals surface area contributed by atoms with Gasteiger partial charge in [0.1, 0.15) is 5.82 Å². The summed E-state index contributed by atoms with van der Waals surface area (Å²) in [5, 5.41) is 3.12. The topological polar surface area (TPSA) is 75.4 Å². The van der Waals surface area contributed by atoms with E-state index in [9.17, 15) is 14.0 Å². The van der Waals surface area contributed by atoms with Gasteiger partial charge in [0.2, 0.25) is 5.91 Å². The summed E-state index contributed by atoms with van der Waals surface area (Å²) in [7, 11) is 0. The van der Waals surface area contributed by atoms with Crippen LogP contribution in [0.3, 0.4) is 0 Å². The number of carbonyl (C=O) groups excluding carboxylic acids is 2. The van der Waals surface area contributed by atoms with Crippen LogP contribution in [0.4, 0.5) is 4.39 Å². The van der Waals surface area contributed by atoms with Crippen LogP contribution in [0.5, 0.6) is 0 Å². The first kappa shape index (κ1) is 18.8. The van der Waals surface area contributed by atoms with E-state index in [0.717, 1.165) is 25.7 Å². The van der Waals surface area contributed by atoms with E-state index in [2.05, 4.69) is 5.32 Å². The molecule has 0 aromatic heterocycles. The maximum atomic E-state index is 13.8. The molecule has 0 bridgehead atoms. The van der Waals surface area contributed by atoms with Gasteiger partial charge in [0, 0.05) is 24.7 Å². The fourth-order valence-electron chi connectivity index (χ4n) is 4.12. The highest BCUT2D eigenvalue weighted by Gasteiger charge is 2.38. The number of piperidine rings is 1. The quantitative estimate of drug-likeness (QED) is 0.868. The molecule has 2 amide bonds. The monoisotopic (exact) mass is 361 g/mol. The molecule has 3 N–H and O–H groups in total. The van der Waals surface area contributed by atoms with Gasteiger partial charge >= 0.3 is 0 Å². The van der Waals surface area contributed by atoms with E-state index in [1.165, 1.54) is 12.1 Å². The molecule has 142 valence electrons. The van der Waals surface area contributed by atoms with Crippen molar-refractivity contribution in [1.82, 2.24) is 10.2 Å². The Balaban J connectivity index is 1.53. The van der Waals surface area contributed by atoms with Gasteiger partial charge in [-0.25, -0.2) is 4.39 Å². The molecule has 2 aliphatic rings. The number of likely N-dealkylation sites (tertiary alicyclic amines) is 1. The summed E-state index contributed by atoms with van der Waals surface area (Å²) in [6.45, 7) is 3.00. The molecule has 0 radical (unpaired) electrons. The summed E-state index contributed by atoms with van der Waals surface area (Å²) in [6, 6.07) is 6.09. The number of hydrogen-bond acceptors (Lipinski definition) is 3. The van der Waals surface area contributed by atoms with Gasteiger partial charge in [-0.1, -0.05) is 25.0 Å². The number of nitrogens with one attached hydrogen (secondary N) is 1. The molecule has 1 saturated heterocycles. The third-order valence-electron chi connectivity index (χ3n) is 5.80. The molecular formula is C20H28FN3O2. The molecule has 2 atom stereocenters. The average Bonchev–Trinajstić information content (AvgIpc) is 2.61. The third-order valence-corrected chi connectivity index (χ3v) is 5.80. The van der Waals surface area contributed by atoms with Crippen LogP contribution in [0.2, 0.25) is 0 Å². The Morgan fingerprint density at radius 1 is 1.19 bits per heavy atom. The highest BCUT2D eigenvalue weighted by Crippen LogP contribution is 2.32. The number of nitrogens with two attached hydrogens (primary N) is 1. The molecule has 1 aliphatic carbocycles. The number of rotatable bonds is 3. The molecule has 6 heteroatoms. The van der Waals surface area contributed by atoms with Crippen molar-refractivity contribution in [2.45, 2.75) is 57.0 Å². The van der Waals surface area contributed by atoms with Crippen molar-refractivity contribution in [3.63, 3.8) is 0 Å². The Labute approximate surface area is 154 Å². The van der Waals surface area contributed by atoms with E-state index >= 15 is 0 Å². The highest BCUT2D eigenvalue weighted by molar-refractivity contribution is 5.94. The molecule has 1 saturated carbocycles. The molecule has 1 aromatic rings. The summed E-state index contributed by atoms with van der Waals surface area (Å²) >= 11 is 0. The largest absolute Gasteiger partial charge is 0.353 e. The maximum Gasteiger partial charge on any atom is 0.256 e. The Kier molecular flexibility index (Phi) is 5.61. The van der Waals surface area contributed by atoms with Crippen molar-refractivity contribution in [2.24, 2.45) is 11.7 Å². The van der Waals surface area contributed by atoms with Crippen LogP contribution in [-0.2, 0) is 4.79 Å². The van der Waals surface area contributed by atoms with Crippen LogP contribution in [0.1, 0.15) is 55.8 Å². The Morgan fingerprint density at radius 3 is 2.54 bits per heavy atom. The zero-order valence-corrected chi connectivity index (χ0v) is 15.3. The van der Waals surface area contributed by atoms with E-state index in [1.807, 2.05) is 6.92 Å². The van der Waals surface area contributed by atoms with Crippen LogP contribution in [0, 0.1) is 11.7 Å². The average molecular weight is 361 g/mol. The molecule has 2 fully saturated rings. The van der Waals surface area contributed by atoms with Crippen molar-refractivity contribution < 1.29 is 14.0 Å². The van der Waals surface area contributed by atoms with Crippen LogP contribution < -0.4 is 11.1 Å². The SMILES string of the molecule is CC1(N)CCCCC1C(=O)NC1CCN(C(=O)c2ccccc2F)CC1. The lowest BCUT2D eigenvalue weighted by atomic mass is 9.74. The minimum Gasteiger partial charge on any atom is -0.353 e. The number of carbonyl (C=O) groups is 2. The fourth-order valence-corrected chi connectivity index (χ4v) is 4.12. The lowest BCUT2D eigenvalue weighted by Crippen LogP contribution is -2.55. The first-order valence-corrected chi connectivity index (χ1v) is 9.51. The summed E-state index contributed by atoms with van der Waals surface area (Å²) < 4.78 is 13.8. The van der Waals surface area contributed by atoms with Gasteiger partial charge in [-0.05, 0) is 44.7 Å². The number of nitrogens with zero attached hydrogens (tertiary/aromatic N) is 1. The number of hydrogen-bond donors (Lipinski definition) is 2. The molecule has 1 aromatic carbocycles. The minimum atomic E-state index is -0.493. The molecule has 5 nitrogen and oxygen atoms in total.